The van der Waals surface area contributed by atoms with Crippen molar-refractivity contribution in [3.8, 4) is 0 Å². The number of thiol groups is 1. The molecule has 1 rings (SSSR count). The molecule has 0 heterocycles. The molecule has 0 unspecified atom stereocenters. The van der Waals surface area contributed by atoms with Crippen molar-refractivity contribution >= 4 is 10.9 Å². The van der Waals surface area contributed by atoms with Gasteiger partial charge in [0.05, 0.1) is 0 Å². The highest BCUT2D eigenvalue weighted by Crippen LogP contribution is 2.37. The lowest BCUT2D eigenvalue weighted by molar-refractivity contribution is 0.872. The van der Waals surface area contributed by atoms with Crippen LogP contribution in [0.15, 0.2) is 35.2 Å². The lowest BCUT2D eigenvalue weighted by Crippen LogP contribution is -1.95. The second-order valence-electron chi connectivity index (χ2n) is 4.03. The zero-order valence-electron chi connectivity index (χ0n) is 10.1. The van der Waals surface area contributed by atoms with Crippen LogP contribution in [0.1, 0.15) is 39.5 Å². The largest absolute Gasteiger partial charge is 0.227 e. The zero-order valence-corrected chi connectivity index (χ0v) is 11.0. The van der Waals surface area contributed by atoms with E-state index in [1.807, 2.05) is 0 Å². The van der Waals surface area contributed by atoms with Crippen LogP contribution in [-0.4, -0.2) is 11.5 Å². The molecule has 0 bridgehead atoms. The maximum Gasteiger partial charge on any atom is -0.0125 e. The van der Waals surface area contributed by atoms with Crippen LogP contribution < -0.4 is 0 Å². The van der Waals surface area contributed by atoms with Crippen LogP contribution in [0.4, 0.5) is 0 Å². The first-order valence-corrected chi connectivity index (χ1v) is 7.89. The van der Waals surface area contributed by atoms with Crippen molar-refractivity contribution in [3.63, 3.8) is 0 Å². The van der Waals surface area contributed by atoms with E-state index in [-0.39, 0.29) is 10.9 Å². The third-order valence-electron chi connectivity index (χ3n) is 2.68. The molecule has 0 aliphatic heterocycles. The van der Waals surface area contributed by atoms with Crippen molar-refractivity contribution in [2.45, 2.75) is 44.4 Å². The summed E-state index contributed by atoms with van der Waals surface area (Å²) in [6.45, 7) is 4.58. The van der Waals surface area contributed by atoms with Gasteiger partial charge < -0.3 is 0 Å². The molecule has 0 aliphatic carbocycles. The number of hydrogen-bond acceptors (Lipinski definition) is 0. The van der Waals surface area contributed by atoms with Crippen molar-refractivity contribution in [1.82, 2.24) is 0 Å². The van der Waals surface area contributed by atoms with E-state index in [2.05, 4.69) is 44.2 Å². The second kappa shape index (κ2) is 7.81. The molecule has 0 aliphatic rings. The monoisotopic (exact) mass is 224 g/mol. The minimum atomic E-state index is 0.132. The van der Waals surface area contributed by atoms with Gasteiger partial charge in [-0.1, -0.05) is 57.0 Å². The van der Waals surface area contributed by atoms with Gasteiger partial charge in [-0.15, -0.1) is 0 Å². The van der Waals surface area contributed by atoms with Crippen LogP contribution in [0.3, 0.4) is 0 Å². The number of unbranched alkanes of at least 4 members (excludes halogenated alkanes) is 2. The smallest absolute Gasteiger partial charge is 0.0125 e. The molecule has 0 atom stereocenters. The summed E-state index contributed by atoms with van der Waals surface area (Å²) in [4.78, 5) is 1.61. The van der Waals surface area contributed by atoms with E-state index in [1.54, 1.807) is 4.90 Å². The Bertz CT molecular complexity index is 235. The Hall–Kier alpha value is -0.430. The summed E-state index contributed by atoms with van der Waals surface area (Å²) in [6, 6.07) is 11.1. The third kappa shape index (κ3) is 4.74. The predicted octanol–water partition coefficient (Wildman–Crippen LogP) is 4.65. The lowest BCUT2D eigenvalue weighted by Gasteiger charge is -2.21. The Labute approximate surface area is 97.4 Å². The van der Waals surface area contributed by atoms with Gasteiger partial charge in [0.25, 0.3) is 0 Å². The summed E-state index contributed by atoms with van der Waals surface area (Å²) in [6.07, 6.45) is 5.45. The highest BCUT2D eigenvalue weighted by atomic mass is 32.2. The van der Waals surface area contributed by atoms with E-state index in [1.165, 1.54) is 37.2 Å². The van der Waals surface area contributed by atoms with E-state index >= 15 is 0 Å². The van der Waals surface area contributed by atoms with Crippen molar-refractivity contribution in [1.29, 1.82) is 0 Å². The molecule has 0 fully saturated rings. The van der Waals surface area contributed by atoms with Gasteiger partial charge in [-0.25, -0.2) is 10.9 Å². The fraction of sp³-hybridized carbons (Fsp3) is 0.571. The molecule has 0 amide bonds. The number of hydrogen-bond donors (Lipinski definition) is 1. The summed E-state index contributed by atoms with van der Waals surface area (Å²) in [5, 5.41) is 0. The molecule has 0 aromatic heterocycles. The van der Waals surface area contributed by atoms with Gasteiger partial charge in [0.15, 0.2) is 0 Å². The van der Waals surface area contributed by atoms with Gasteiger partial charge in [0, 0.05) is 0 Å². The van der Waals surface area contributed by atoms with Crippen molar-refractivity contribution < 1.29 is 0 Å². The molecule has 0 spiro atoms. The first-order chi connectivity index (χ1) is 7.38. The standard InChI is InChI=1S/C14H24S/c1-3-5-12-15(13-6-4-2)14-10-8-7-9-11-14/h7-11,15H,3-6,12-13H2,1-2H3. The van der Waals surface area contributed by atoms with Crippen LogP contribution in [0.5, 0.6) is 0 Å². The maximum absolute atomic E-state index is 2.32. The quantitative estimate of drug-likeness (QED) is 0.641. The molecule has 0 saturated heterocycles. The minimum Gasteiger partial charge on any atom is -0.227 e. The summed E-state index contributed by atoms with van der Waals surface area (Å²) >= 11 is 0. The van der Waals surface area contributed by atoms with Gasteiger partial charge in [0.1, 0.15) is 0 Å². The van der Waals surface area contributed by atoms with E-state index in [4.69, 9.17) is 0 Å². The lowest BCUT2D eigenvalue weighted by atomic mass is 10.4. The summed E-state index contributed by atoms with van der Waals surface area (Å²) in [7, 11) is 0.132. The SMILES string of the molecule is CCCC[SH](CCCC)c1ccccc1. The molecular formula is C14H24S. The molecule has 1 aromatic rings. The molecular weight excluding hydrogens is 200 g/mol. The Kier molecular flexibility index (Phi) is 6.58. The van der Waals surface area contributed by atoms with Gasteiger partial charge in [-0.3, -0.25) is 0 Å². The zero-order chi connectivity index (χ0) is 10.9. The summed E-state index contributed by atoms with van der Waals surface area (Å²) in [5.41, 5.74) is 0. The highest BCUT2D eigenvalue weighted by molar-refractivity contribution is 8.17. The number of benzene rings is 1. The molecule has 0 saturated carbocycles. The maximum atomic E-state index is 2.32. The van der Waals surface area contributed by atoms with Crippen LogP contribution >= 0.6 is 10.9 Å². The van der Waals surface area contributed by atoms with E-state index < -0.39 is 0 Å². The minimum absolute atomic E-state index is 0.132. The molecule has 0 radical (unpaired) electrons. The number of rotatable bonds is 7. The Morgan fingerprint density at radius 3 is 1.87 bits per heavy atom. The molecule has 1 aromatic carbocycles. The Morgan fingerprint density at radius 1 is 0.867 bits per heavy atom. The Morgan fingerprint density at radius 2 is 1.40 bits per heavy atom. The van der Waals surface area contributed by atoms with Gasteiger partial charge in [-0.2, -0.15) is 0 Å². The fourth-order valence-corrected chi connectivity index (χ4v) is 4.44. The fourth-order valence-electron chi connectivity index (χ4n) is 1.71. The first kappa shape index (κ1) is 12.6. The van der Waals surface area contributed by atoms with E-state index in [0.29, 0.717) is 0 Å². The predicted molar refractivity (Wildman–Crippen MR) is 73.2 cm³/mol. The van der Waals surface area contributed by atoms with Crippen LogP contribution in [-0.2, 0) is 0 Å². The van der Waals surface area contributed by atoms with Crippen LogP contribution in [0.2, 0.25) is 0 Å². The average molecular weight is 224 g/mol. The first-order valence-electron chi connectivity index (χ1n) is 6.18. The summed E-state index contributed by atoms with van der Waals surface area (Å²) in [5.74, 6) is 2.85. The molecule has 15 heavy (non-hydrogen) atoms. The van der Waals surface area contributed by atoms with Crippen molar-refractivity contribution in [2.24, 2.45) is 0 Å². The molecule has 0 nitrogen and oxygen atoms in total. The Balaban J connectivity index is 2.55. The topological polar surface area (TPSA) is 0 Å². The highest BCUT2D eigenvalue weighted by Gasteiger charge is 2.05. The summed E-state index contributed by atoms with van der Waals surface area (Å²) < 4.78 is 0. The van der Waals surface area contributed by atoms with E-state index in [9.17, 15) is 0 Å². The van der Waals surface area contributed by atoms with Crippen LogP contribution in [0, 0.1) is 0 Å². The van der Waals surface area contributed by atoms with E-state index in [0.717, 1.165) is 0 Å². The van der Waals surface area contributed by atoms with Gasteiger partial charge in [0.2, 0.25) is 0 Å². The average Bonchev–Trinajstić information content (AvgIpc) is 2.30. The molecule has 1 heteroatoms. The van der Waals surface area contributed by atoms with Crippen molar-refractivity contribution in [3.05, 3.63) is 30.3 Å². The van der Waals surface area contributed by atoms with Gasteiger partial charge >= 0.3 is 0 Å². The van der Waals surface area contributed by atoms with Gasteiger partial charge in [-0.05, 0) is 29.2 Å². The van der Waals surface area contributed by atoms with Crippen molar-refractivity contribution in [2.75, 3.05) is 11.5 Å². The molecule has 86 valence electrons. The third-order valence-corrected chi connectivity index (χ3v) is 5.43. The second-order valence-corrected chi connectivity index (χ2v) is 6.52. The van der Waals surface area contributed by atoms with Crippen LogP contribution in [0.25, 0.3) is 0 Å². The normalized spacial score (nSPS) is 11.5. The molecule has 0 N–H and O–H groups in total.